The minimum atomic E-state index is -3.61. The highest BCUT2D eigenvalue weighted by Gasteiger charge is 2.34. The maximum absolute atomic E-state index is 12.9. The van der Waals surface area contributed by atoms with Crippen LogP contribution in [0.4, 0.5) is 5.69 Å². The van der Waals surface area contributed by atoms with Gasteiger partial charge >= 0.3 is 0 Å². The molecule has 6 heteroatoms. The van der Waals surface area contributed by atoms with Crippen LogP contribution in [0.1, 0.15) is 34.5 Å². The van der Waals surface area contributed by atoms with Crippen LogP contribution in [0.25, 0.3) is 11.1 Å². The first-order chi connectivity index (χ1) is 13.8. The van der Waals surface area contributed by atoms with Crippen molar-refractivity contribution in [3.8, 4) is 11.1 Å². The van der Waals surface area contributed by atoms with Crippen molar-refractivity contribution in [2.45, 2.75) is 24.8 Å². The second kappa shape index (κ2) is 7.04. The fourth-order valence-electron chi connectivity index (χ4n) is 3.82. The molecule has 5 nitrogen and oxygen atoms in total. The second-order valence-electron chi connectivity index (χ2n) is 7.26. The van der Waals surface area contributed by atoms with E-state index in [9.17, 15) is 13.2 Å². The number of carbonyl (C=O) groups excluding carboxylic acids is 1. The van der Waals surface area contributed by atoms with Gasteiger partial charge in [-0.15, -0.1) is 0 Å². The zero-order chi connectivity index (χ0) is 20.8. The van der Waals surface area contributed by atoms with Crippen LogP contribution in [0.3, 0.4) is 0 Å². The van der Waals surface area contributed by atoms with E-state index < -0.39 is 10.0 Å². The smallest absolute Gasteiger partial charge is 0.264 e. The number of anilines is 1. The van der Waals surface area contributed by atoms with Gasteiger partial charge in [-0.2, -0.15) is 0 Å². The predicted octanol–water partition coefficient (Wildman–Crippen LogP) is 4.29. The molecule has 4 rings (SSSR count). The first kappa shape index (κ1) is 19.2. The molecule has 3 aromatic rings. The van der Waals surface area contributed by atoms with Crippen LogP contribution in [0.2, 0.25) is 0 Å². The topological polar surface area (TPSA) is 66.5 Å². The van der Waals surface area contributed by atoms with E-state index in [1.807, 2.05) is 50.2 Å². The van der Waals surface area contributed by atoms with E-state index in [-0.39, 0.29) is 16.8 Å². The predicted molar refractivity (Wildman–Crippen MR) is 115 cm³/mol. The fourth-order valence-corrected chi connectivity index (χ4v) is 5.30. The lowest BCUT2D eigenvalue weighted by molar-refractivity contribution is 0.0940. The second-order valence-corrected chi connectivity index (χ2v) is 9.20. The molecule has 1 aliphatic rings. The van der Waals surface area contributed by atoms with Crippen LogP contribution in [0.5, 0.6) is 0 Å². The lowest BCUT2D eigenvalue weighted by Gasteiger charge is -2.31. The number of hydrogen-bond donors (Lipinski definition) is 1. The summed E-state index contributed by atoms with van der Waals surface area (Å²) < 4.78 is 27.1. The molecule has 0 aliphatic carbocycles. The summed E-state index contributed by atoms with van der Waals surface area (Å²) in [6.45, 7) is 3.77. The van der Waals surface area contributed by atoms with Crippen molar-refractivity contribution in [1.29, 1.82) is 0 Å². The van der Waals surface area contributed by atoms with Gasteiger partial charge in [-0.1, -0.05) is 48.5 Å². The average molecular weight is 407 g/mol. The van der Waals surface area contributed by atoms with Gasteiger partial charge in [0.15, 0.2) is 0 Å². The van der Waals surface area contributed by atoms with Gasteiger partial charge in [0.25, 0.3) is 15.9 Å². The number of benzene rings is 3. The molecule has 1 N–H and O–H groups in total. The largest absolute Gasteiger partial charge is 0.346 e. The Balaban J connectivity index is 1.77. The molecule has 148 valence electrons. The number of amides is 1. The van der Waals surface area contributed by atoms with E-state index in [2.05, 4.69) is 5.32 Å². The Hall–Kier alpha value is -3.12. The van der Waals surface area contributed by atoms with Crippen molar-refractivity contribution in [3.05, 3.63) is 83.4 Å². The summed E-state index contributed by atoms with van der Waals surface area (Å²) in [5.74, 6) is -0.194. The fraction of sp³-hybridized carbons (Fsp3) is 0.174. The first-order valence-electron chi connectivity index (χ1n) is 9.39. The van der Waals surface area contributed by atoms with Gasteiger partial charge in [0.05, 0.1) is 16.6 Å². The molecular formula is C23H22N2O3S. The molecule has 0 bridgehead atoms. The Morgan fingerprint density at radius 2 is 1.62 bits per heavy atom. The van der Waals surface area contributed by atoms with Crippen molar-refractivity contribution < 1.29 is 13.2 Å². The molecule has 29 heavy (non-hydrogen) atoms. The molecule has 1 heterocycles. The van der Waals surface area contributed by atoms with Crippen molar-refractivity contribution in [2.75, 3.05) is 11.4 Å². The number of nitrogens with zero attached hydrogens (tertiary/aromatic N) is 1. The van der Waals surface area contributed by atoms with Gasteiger partial charge in [-0.25, -0.2) is 8.42 Å². The number of nitrogens with one attached hydrogen (secondary N) is 1. The van der Waals surface area contributed by atoms with E-state index in [0.29, 0.717) is 16.8 Å². The van der Waals surface area contributed by atoms with Crippen LogP contribution in [-0.2, 0) is 10.0 Å². The van der Waals surface area contributed by atoms with Gasteiger partial charge in [0, 0.05) is 23.7 Å². The number of hydrogen-bond acceptors (Lipinski definition) is 3. The highest BCUT2D eigenvalue weighted by atomic mass is 32.2. The molecule has 3 aromatic carbocycles. The van der Waals surface area contributed by atoms with E-state index >= 15 is 0 Å². The van der Waals surface area contributed by atoms with Gasteiger partial charge in [-0.3, -0.25) is 9.10 Å². The maximum Gasteiger partial charge on any atom is 0.264 e. The zero-order valence-electron chi connectivity index (χ0n) is 16.5. The van der Waals surface area contributed by atoms with Gasteiger partial charge in [0.2, 0.25) is 0 Å². The quantitative estimate of drug-likeness (QED) is 0.706. The van der Waals surface area contributed by atoms with Crippen molar-refractivity contribution >= 4 is 21.6 Å². The Labute approximate surface area is 171 Å². The molecule has 1 amide bonds. The summed E-state index contributed by atoms with van der Waals surface area (Å²) in [5.41, 5.74) is 4.24. The van der Waals surface area contributed by atoms with Gasteiger partial charge in [0.1, 0.15) is 0 Å². The molecule has 1 atom stereocenters. The maximum atomic E-state index is 12.9. The van der Waals surface area contributed by atoms with Crippen LogP contribution in [0, 0.1) is 6.92 Å². The molecule has 0 fully saturated rings. The van der Waals surface area contributed by atoms with Crippen LogP contribution in [-0.4, -0.2) is 21.4 Å². The Kier molecular flexibility index (Phi) is 4.67. The number of sulfonamides is 1. The summed E-state index contributed by atoms with van der Waals surface area (Å²) in [7, 11) is -2.06. The van der Waals surface area contributed by atoms with E-state index in [1.54, 1.807) is 37.4 Å². The van der Waals surface area contributed by atoms with E-state index in [4.69, 9.17) is 0 Å². The Morgan fingerprint density at radius 3 is 2.34 bits per heavy atom. The normalized spacial score (nSPS) is 15.2. The van der Waals surface area contributed by atoms with Crippen LogP contribution in [0.15, 0.2) is 71.6 Å². The third-order valence-corrected chi connectivity index (χ3v) is 7.16. The zero-order valence-corrected chi connectivity index (χ0v) is 17.3. The summed E-state index contributed by atoms with van der Waals surface area (Å²) in [5, 5.41) is 3.03. The number of aryl methyl sites for hydroxylation is 1. The molecule has 0 spiro atoms. The Bertz CT molecular complexity index is 1200. The van der Waals surface area contributed by atoms with E-state index in [0.717, 1.165) is 16.7 Å². The van der Waals surface area contributed by atoms with Crippen LogP contribution >= 0.6 is 0 Å². The summed E-state index contributed by atoms with van der Waals surface area (Å²) in [6.07, 6.45) is 0. The minimum Gasteiger partial charge on any atom is -0.346 e. The van der Waals surface area contributed by atoms with Crippen molar-refractivity contribution in [1.82, 2.24) is 5.32 Å². The Morgan fingerprint density at radius 1 is 0.966 bits per heavy atom. The molecule has 0 radical (unpaired) electrons. The third-order valence-electron chi connectivity index (χ3n) is 5.34. The lowest BCUT2D eigenvalue weighted by Crippen LogP contribution is -2.32. The third kappa shape index (κ3) is 3.19. The average Bonchev–Trinajstić information content (AvgIpc) is 2.72. The molecule has 1 unspecified atom stereocenters. The van der Waals surface area contributed by atoms with Crippen molar-refractivity contribution in [2.24, 2.45) is 0 Å². The number of fused-ring (bicyclic) bond motifs is 3. The highest BCUT2D eigenvalue weighted by molar-refractivity contribution is 7.93. The summed E-state index contributed by atoms with van der Waals surface area (Å²) >= 11 is 0. The molecule has 0 aromatic heterocycles. The molecule has 0 saturated carbocycles. The lowest BCUT2D eigenvalue weighted by atomic mass is 9.96. The van der Waals surface area contributed by atoms with Crippen LogP contribution < -0.4 is 9.62 Å². The molecular weight excluding hydrogens is 384 g/mol. The van der Waals surface area contributed by atoms with Crippen molar-refractivity contribution in [3.63, 3.8) is 0 Å². The summed E-state index contributed by atoms with van der Waals surface area (Å²) in [4.78, 5) is 13.2. The number of carbonyl (C=O) groups is 1. The minimum absolute atomic E-state index is 0.143. The standard InChI is InChI=1S/C23H22N2O3S/c1-15-13-18(23(26)24-16(2)17-9-5-4-6-10-17)14-20-19-11-7-8-12-21(19)29(27,28)25(3)22(15)20/h4-14,16H,1-3H3,(H,24,26). The summed E-state index contributed by atoms with van der Waals surface area (Å²) in [6, 6.07) is 20.0. The molecule has 1 aliphatic heterocycles. The monoisotopic (exact) mass is 406 g/mol. The molecule has 0 saturated heterocycles. The SMILES string of the molecule is Cc1cc(C(=O)NC(C)c2ccccc2)cc2c1N(C)S(=O)(=O)c1ccccc1-2. The van der Waals surface area contributed by atoms with E-state index in [1.165, 1.54) is 4.31 Å². The van der Waals surface area contributed by atoms with Gasteiger partial charge in [-0.05, 0) is 43.2 Å². The highest BCUT2D eigenvalue weighted by Crippen LogP contribution is 2.44. The first-order valence-corrected chi connectivity index (χ1v) is 10.8. The van der Waals surface area contributed by atoms with Gasteiger partial charge < -0.3 is 5.32 Å². The number of rotatable bonds is 3.